The highest BCUT2D eigenvalue weighted by molar-refractivity contribution is 8.17. The zero-order valence-corrected chi connectivity index (χ0v) is 27.6. The van der Waals surface area contributed by atoms with Gasteiger partial charge in [0.05, 0.1) is 29.5 Å². The quantitative estimate of drug-likeness (QED) is 0.0426. The molecule has 0 aliphatic heterocycles. The van der Waals surface area contributed by atoms with Gasteiger partial charge >= 0.3 is 0 Å². The number of aryl methyl sites for hydroxylation is 1. The van der Waals surface area contributed by atoms with Crippen molar-refractivity contribution in [3.8, 4) is 11.5 Å². The third-order valence-electron chi connectivity index (χ3n) is 6.49. The highest BCUT2D eigenvalue weighted by Crippen LogP contribution is 2.41. The second-order valence-electron chi connectivity index (χ2n) is 9.77. The van der Waals surface area contributed by atoms with Gasteiger partial charge in [0.25, 0.3) is 0 Å². The lowest BCUT2D eigenvalue weighted by molar-refractivity contribution is 0.413. The second kappa shape index (κ2) is 17.6. The number of nitrogens with zero attached hydrogens (tertiary/aromatic N) is 1. The van der Waals surface area contributed by atoms with Gasteiger partial charge < -0.3 is 9.47 Å². The minimum absolute atomic E-state index is 0.153. The zero-order chi connectivity index (χ0) is 29.6. The molecule has 0 saturated carbocycles. The fourth-order valence-electron chi connectivity index (χ4n) is 4.33. The van der Waals surface area contributed by atoms with Crippen LogP contribution >= 0.6 is 46.9 Å². The molecule has 4 rings (SSSR count). The molecule has 42 heavy (non-hydrogen) atoms. The number of unbranched alkanes of at least 4 members (excludes halogenated alkanes) is 3. The van der Waals surface area contributed by atoms with Crippen molar-refractivity contribution in [2.45, 2.75) is 64.7 Å². The summed E-state index contributed by atoms with van der Waals surface area (Å²) < 4.78 is 11.2. The minimum atomic E-state index is 0.153. The van der Waals surface area contributed by atoms with E-state index in [1.54, 1.807) is 26.0 Å². The SMILES string of the molecule is CCCCCCc1cccc(N=C(CC(Sc2cccc(OC)c2)Sc2cccc(OC)c2)Sc2ccc(Cl)cc2)c1. The fraction of sp³-hybridized carbons (Fsp3) is 0.286. The molecular formula is C35H38ClNO2S3. The second-order valence-corrected chi connectivity index (χ2v) is 14.2. The summed E-state index contributed by atoms with van der Waals surface area (Å²) in [6.07, 6.45) is 6.87. The van der Waals surface area contributed by atoms with Gasteiger partial charge in [-0.3, -0.25) is 0 Å². The van der Waals surface area contributed by atoms with E-state index in [2.05, 4.69) is 67.6 Å². The molecule has 4 aromatic carbocycles. The molecule has 0 saturated heterocycles. The summed E-state index contributed by atoms with van der Waals surface area (Å²) in [5.74, 6) is 1.70. The highest BCUT2D eigenvalue weighted by atomic mass is 35.5. The lowest BCUT2D eigenvalue weighted by atomic mass is 10.1. The Morgan fingerprint density at radius 3 is 2.00 bits per heavy atom. The molecule has 0 radical (unpaired) electrons. The summed E-state index contributed by atoms with van der Waals surface area (Å²) in [7, 11) is 3.41. The molecule has 0 aromatic heterocycles. The van der Waals surface area contributed by atoms with Crippen LogP contribution in [0.2, 0.25) is 5.02 Å². The van der Waals surface area contributed by atoms with Crippen molar-refractivity contribution in [3.63, 3.8) is 0 Å². The first-order valence-corrected chi connectivity index (χ1v) is 17.2. The number of benzene rings is 4. The summed E-state index contributed by atoms with van der Waals surface area (Å²) in [5, 5.41) is 1.78. The van der Waals surface area contributed by atoms with E-state index < -0.39 is 0 Å². The van der Waals surface area contributed by atoms with Crippen LogP contribution in [0.1, 0.15) is 44.6 Å². The normalized spacial score (nSPS) is 11.6. The summed E-state index contributed by atoms with van der Waals surface area (Å²) >= 11 is 11.6. The molecule has 0 spiro atoms. The Hall–Kier alpha value is -2.51. The third-order valence-corrected chi connectivity index (χ3v) is 10.2. The Kier molecular flexibility index (Phi) is 13.6. The molecule has 0 N–H and O–H groups in total. The fourth-order valence-corrected chi connectivity index (χ4v) is 8.25. The van der Waals surface area contributed by atoms with Gasteiger partial charge in [-0.2, -0.15) is 0 Å². The molecule has 0 amide bonds. The van der Waals surface area contributed by atoms with Crippen LogP contribution in [0.15, 0.2) is 117 Å². The first-order chi connectivity index (χ1) is 20.5. The molecule has 0 unspecified atom stereocenters. The Morgan fingerprint density at radius 2 is 1.38 bits per heavy atom. The number of rotatable bonds is 15. The van der Waals surface area contributed by atoms with Crippen LogP contribution in [-0.2, 0) is 6.42 Å². The van der Waals surface area contributed by atoms with Crippen molar-refractivity contribution in [2.24, 2.45) is 4.99 Å². The minimum Gasteiger partial charge on any atom is -0.497 e. The Labute approximate surface area is 268 Å². The van der Waals surface area contributed by atoms with Gasteiger partial charge in [0.1, 0.15) is 11.5 Å². The molecule has 220 valence electrons. The highest BCUT2D eigenvalue weighted by Gasteiger charge is 2.18. The van der Waals surface area contributed by atoms with E-state index in [-0.39, 0.29) is 4.58 Å². The maximum Gasteiger partial charge on any atom is 0.119 e. The molecular weight excluding hydrogens is 598 g/mol. The number of hydrogen-bond acceptors (Lipinski definition) is 6. The maximum absolute atomic E-state index is 6.20. The number of hydrogen-bond donors (Lipinski definition) is 0. The maximum atomic E-state index is 6.20. The van der Waals surface area contributed by atoms with Gasteiger partial charge in [-0.1, -0.05) is 73.8 Å². The summed E-state index contributed by atoms with van der Waals surface area (Å²) in [4.78, 5) is 8.66. The number of aliphatic imine (C=N–C) groups is 1. The molecule has 4 aromatic rings. The molecule has 7 heteroatoms. The van der Waals surface area contributed by atoms with E-state index in [0.717, 1.165) is 54.8 Å². The molecule has 3 nitrogen and oxygen atoms in total. The van der Waals surface area contributed by atoms with E-state index in [1.165, 1.54) is 31.2 Å². The van der Waals surface area contributed by atoms with E-state index >= 15 is 0 Å². The van der Waals surface area contributed by atoms with Gasteiger partial charge in [0.2, 0.25) is 0 Å². The van der Waals surface area contributed by atoms with Crippen molar-refractivity contribution < 1.29 is 9.47 Å². The smallest absolute Gasteiger partial charge is 0.119 e. The average Bonchev–Trinajstić information content (AvgIpc) is 3.01. The van der Waals surface area contributed by atoms with Gasteiger partial charge in [-0.15, -0.1) is 23.5 Å². The third kappa shape index (κ3) is 11.0. The lowest BCUT2D eigenvalue weighted by Crippen LogP contribution is -2.05. The van der Waals surface area contributed by atoms with Crippen molar-refractivity contribution in [1.29, 1.82) is 0 Å². The first kappa shape index (κ1) is 32.4. The van der Waals surface area contributed by atoms with Crippen molar-refractivity contribution >= 4 is 57.6 Å². The number of methoxy groups -OCH3 is 2. The van der Waals surface area contributed by atoms with Gasteiger partial charge in [-0.25, -0.2) is 4.99 Å². The Balaban J connectivity index is 1.64. The molecule has 0 aliphatic rings. The topological polar surface area (TPSA) is 30.8 Å². The van der Waals surface area contributed by atoms with E-state index in [4.69, 9.17) is 26.1 Å². The van der Waals surface area contributed by atoms with Gasteiger partial charge in [-0.05, 0) is 91.2 Å². The van der Waals surface area contributed by atoms with Crippen molar-refractivity contribution in [1.82, 2.24) is 0 Å². The van der Waals surface area contributed by atoms with Crippen molar-refractivity contribution in [3.05, 3.63) is 108 Å². The van der Waals surface area contributed by atoms with Crippen LogP contribution in [0, 0.1) is 0 Å². The summed E-state index contributed by atoms with van der Waals surface area (Å²) in [6.45, 7) is 2.25. The largest absolute Gasteiger partial charge is 0.497 e. The Morgan fingerprint density at radius 1 is 0.738 bits per heavy atom. The van der Waals surface area contributed by atoms with E-state index in [1.807, 2.05) is 59.9 Å². The lowest BCUT2D eigenvalue weighted by Gasteiger charge is -2.18. The number of ether oxygens (including phenoxy) is 2. The first-order valence-electron chi connectivity index (χ1n) is 14.3. The zero-order valence-electron chi connectivity index (χ0n) is 24.4. The van der Waals surface area contributed by atoms with Crippen LogP contribution < -0.4 is 9.47 Å². The van der Waals surface area contributed by atoms with E-state index in [9.17, 15) is 0 Å². The predicted octanol–water partition coefficient (Wildman–Crippen LogP) is 11.6. The van der Waals surface area contributed by atoms with Gasteiger partial charge in [0, 0.05) is 26.1 Å². The average molecular weight is 636 g/mol. The predicted molar refractivity (Wildman–Crippen MR) is 185 cm³/mol. The molecule has 0 atom stereocenters. The summed E-state index contributed by atoms with van der Waals surface area (Å²) in [5.41, 5.74) is 2.34. The Bertz CT molecular complexity index is 1380. The summed E-state index contributed by atoms with van der Waals surface area (Å²) in [6, 6.07) is 33.2. The monoisotopic (exact) mass is 635 g/mol. The molecule has 0 fully saturated rings. The standard InChI is InChI=1S/C35H38ClNO2S3/c1-4-5-6-7-11-26-12-8-13-28(22-26)37-34(40-31-20-18-27(36)19-21-31)25-35(41-32-16-9-14-29(23-32)38-2)42-33-17-10-15-30(24-33)39-3/h8-10,12-24,35H,4-7,11,25H2,1-3H3. The van der Waals surface area contributed by atoms with Crippen molar-refractivity contribution in [2.75, 3.05) is 14.2 Å². The molecule has 0 bridgehead atoms. The van der Waals surface area contributed by atoms with Crippen LogP contribution in [0.4, 0.5) is 5.69 Å². The van der Waals surface area contributed by atoms with Gasteiger partial charge in [0.15, 0.2) is 0 Å². The molecule has 0 heterocycles. The number of thioether (sulfide) groups is 3. The van der Waals surface area contributed by atoms with E-state index in [0.29, 0.717) is 0 Å². The van der Waals surface area contributed by atoms with Crippen LogP contribution in [-0.4, -0.2) is 23.8 Å². The van der Waals surface area contributed by atoms with Crippen LogP contribution in [0.25, 0.3) is 0 Å². The van der Waals surface area contributed by atoms with Crippen LogP contribution in [0.5, 0.6) is 11.5 Å². The number of halogens is 1. The molecule has 0 aliphatic carbocycles. The van der Waals surface area contributed by atoms with Crippen LogP contribution in [0.3, 0.4) is 0 Å².